The summed E-state index contributed by atoms with van der Waals surface area (Å²) in [6.45, 7) is 3.83. The lowest BCUT2D eigenvalue weighted by atomic mass is 10.0. The third kappa shape index (κ3) is 3.20. The summed E-state index contributed by atoms with van der Waals surface area (Å²) in [5, 5.41) is 0. The van der Waals surface area contributed by atoms with Gasteiger partial charge in [0.05, 0.1) is 0 Å². The lowest BCUT2D eigenvalue weighted by Gasteiger charge is -2.05. The largest absolute Gasteiger partial charge is 0.461 e. The van der Waals surface area contributed by atoms with E-state index in [0.717, 1.165) is 5.56 Å². The fourth-order valence-electron chi connectivity index (χ4n) is 1.72. The highest BCUT2D eigenvalue weighted by Gasteiger charge is 1.99. The standard InChI is InChI=1S/C16H16O2/c1-12-3-7-15(8-4-12)16-9-5-14(6-10-16)11-18-13(2)17/h3-10H,11H2,1-2H3. The minimum Gasteiger partial charge on any atom is -0.461 e. The number of carbonyl (C=O) groups is 1. The summed E-state index contributed by atoms with van der Waals surface area (Å²) >= 11 is 0. The second-order valence-electron chi connectivity index (χ2n) is 4.34. The molecule has 0 fully saturated rings. The van der Waals surface area contributed by atoms with Crippen molar-refractivity contribution < 1.29 is 9.53 Å². The SMILES string of the molecule is CC(=O)OCc1ccc(-c2ccc(C)cc2)cc1. The van der Waals surface area contributed by atoms with Crippen LogP contribution in [0.25, 0.3) is 11.1 Å². The zero-order valence-electron chi connectivity index (χ0n) is 10.6. The van der Waals surface area contributed by atoms with Crippen LogP contribution in [0.15, 0.2) is 48.5 Å². The molecule has 2 aromatic rings. The van der Waals surface area contributed by atoms with Gasteiger partial charge in [-0.1, -0.05) is 54.1 Å². The van der Waals surface area contributed by atoms with Crippen LogP contribution >= 0.6 is 0 Å². The number of aryl methyl sites for hydroxylation is 1. The van der Waals surface area contributed by atoms with Crippen LogP contribution in [-0.2, 0) is 16.1 Å². The summed E-state index contributed by atoms with van der Waals surface area (Å²) < 4.78 is 4.95. The lowest BCUT2D eigenvalue weighted by molar-refractivity contribution is -0.142. The molecular formula is C16H16O2. The van der Waals surface area contributed by atoms with E-state index in [9.17, 15) is 4.79 Å². The third-order valence-electron chi connectivity index (χ3n) is 2.78. The van der Waals surface area contributed by atoms with Crippen LogP contribution in [0.4, 0.5) is 0 Å². The highest BCUT2D eigenvalue weighted by molar-refractivity contribution is 5.66. The van der Waals surface area contributed by atoms with Gasteiger partial charge in [-0.3, -0.25) is 4.79 Å². The minimum atomic E-state index is -0.252. The van der Waals surface area contributed by atoms with Gasteiger partial charge in [0.25, 0.3) is 0 Å². The van der Waals surface area contributed by atoms with Crippen molar-refractivity contribution in [1.29, 1.82) is 0 Å². The van der Waals surface area contributed by atoms with E-state index in [1.165, 1.54) is 23.6 Å². The number of esters is 1. The van der Waals surface area contributed by atoms with Crippen molar-refractivity contribution in [1.82, 2.24) is 0 Å². The van der Waals surface area contributed by atoms with Crippen molar-refractivity contribution in [2.75, 3.05) is 0 Å². The maximum absolute atomic E-state index is 10.7. The monoisotopic (exact) mass is 240 g/mol. The van der Waals surface area contributed by atoms with Gasteiger partial charge in [0.1, 0.15) is 6.61 Å². The van der Waals surface area contributed by atoms with Crippen molar-refractivity contribution in [2.45, 2.75) is 20.5 Å². The Kier molecular flexibility index (Phi) is 3.78. The summed E-state index contributed by atoms with van der Waals surface area (Å²) in [6.07, 6.45) is 0. The first-order chi connectivity index (χ1) is 8.65. The van der Waals surface area contributed by atoms with Crippen LogP contribution in [0, 0.1) is 6.92 Å². The Morgan fingerprint density at radius 3 is 1.94 bits per heavy atom. The van der Waals surface area contributed by atoms with Gasteiger partial charge in [0, 0.05) is 6.92 Å². The molecule has 0 saturated heterocycles. The average Bonchev–Trinajstić information content (AvgIpc) is 2.38. The van der Waals surface area contributed by atoms with Crippen LogP contribution in [0.2, 0.25) is 0 Å². The Morgan fingerprint density at radius 2 is 1.44 bits per heavy atom. The van der Waals surface area contributed by atoms with Gasteiger partial charge in [-0.05, 0) is 23.6 Å². The van der Waals surface area contributed by atoms with Gasteiger partial charge in [-0.15, -0.1) is 0 Å². The molecule has 2 aromatic carbocycles. The van der Waals surface area contributed by atoms with Crippen molar-refractivity contribution in [2.24, 2.45) is 0 Å². The Bertz CT molecular complexity index is 524. The highest BCUT2D eigenvalue weighted by Crippen LogP contribution is 2.20. The molecule has 0 aromatic heterocycles. The molecule has 0 bridgehead atoms. The fourth-order valence-corrected chi connectivity index (χ4v) is 1.72. The summed E-state index contributed by atoms with van der Waals surface area (Å²) in [5.74, 6) is -0.252. The number of ether oxygens (including phenoxy) is 1. The molecule has 2 heteroatoms. The Hall–Kier alpha value is -2.09. The molecule has 18 heavy (non-hydrogen) atoms. The van der Waals surface area contributed by atoms with E-state index >= 15 is 0 Å². The highest BCUT2D eigenvalue weighted by atomic mass is 16.5. The molecule has 0 aliphatic heterocycles. The molecule has 0 saturated carbocycles. The number of benzene rings is 2. The first kappa shape index (κ1) is 12.4. The van der Waals surface area contributed by atoms with E-state index in [2.05, 4.69) is 31.2 Å². The molecule has 0 amide bonds. The molecule has 0 unspecified atom stereocenters. The molecule has 0 N–H and O–H groups in total. The van der Waals surface area contributed by atoms with Crippen LogP contribution in [-0.4, -0.2) is 5.97 Å². The van der Waals surface area contributed by atoms with E-state index < -0.39 is 0 Å². The Balaban J connectivity index is 2.12. The summed E-state index contributed by atoms with van der Waals surface area (Å²) in [7, 11) is 0. The van der Waals surface area contributed by atoms with E-state index in [0.29, 0.717) is 6.61 Å². The molecule has 0 heterocycles. The molecule has 2 rings (SSSR count). The maximum atomic E-state index is 10.7. The van der Waals surface area contributed by atoms with Gasteiger partial charge in [-0.25, -0.2) is 0 Å². The molecule has 92 valence electrons. The van der Waals surface area contributed by atoms with Gasteiger partial charge < -0.3 is 4.74 Å². The second kappa shape index (κ2) is 5.50. The van der Waals surface area contributed by atoms with Crippen molar-refractivity contribution in [3.63, 3.8) is 0 Å². The number of hydrogen-bond donors (Lipinski definition) is 0. The second-order valence-corrected chi connectivity index (χ2v) is 4.34. The van der Waals surface area contributed by atoms with Crippen molar-refractivity contribution in [3.05, 3.63) is 59.7 Å². The summed E-state index contributed by atoms with van der Waals surface area (Å²) in [5.41, 5.74) is 4.62. The molecule has 0 aliphatic rings. The number of rotatable bonds is 3. The van der Waals surface area contributed by atoms with Gasteiger partial charge in [0.2, 0.25) is 0 Å². The van der Waals surface area contributed by atoms with Gasteiger partial charge in [-0.2, -0.15) is 0 Å². The third-order valence-corrected chi connectivity index (χ3v) is 2.78. The molecule has 0 aliphatic carbocycles. The van der Waals surface area contributed by atoms with E-state index in [-0.39, 0.29) is 5.97 Å². The fraction of sp³-hybridized carbons (Fsp3) is 0.188. The Labute approximate surface area is 107 Å². The quantitative estimate of drug-likeness (QED) is 0.764. The van der Waals surface area contributed by atoms with E-state index in [1.807, 2.05) is 24.3 Å². The van der Waals surface area contributed by atoms with E-state index in [4.69, 9.17) is 4.74 Å². The van der Waals surface area contributed by atoms with Crippen LogP contribution < -0.4 is 0 Å². The normalized spacial score (nSPS) is 10.1. The predicted octanol–water partition coefficient (Wildman–Crippen LogP) is 3.73. The summed E-state index contributed by atoms with van der Waals surface area (Å²) in [6, 6.07) is 16.5. The zero-order valence-corrected chi connectivity index (χ0v) is 10.6. The minimum absolute atomic E-state index is 0.252. The van der Waals surface area contributed by atoms with Crippen molar-refractivity contribution >= 4 is 5.97 Å². The van der Waals surface area contributed by atoms with Gasteiger partial charge in [0.15, 0.2) is 0 Å². The Morgan fingerprint density at radius 1 is 0.944 bits per heavy atom. The molecule has 0 atom stereocenters. The van der Waals surface area contributed by atoms with Crippen LogP contribution in [0.3, 0.4) is 0 Å². The van der Waals surface area contributed by atoms with Gasteiger partial charge >= 0.3 is 5.97 Å². The van der Waals surface area contributed by atoms with E-state index in [1.54, 1.807) is 0 Å². The first-order valence-corrected chi connectivity index (χ1v) is 5.94. The summed E-state index contributed by atoms with van der Waals surface area (Å²) in [4.78, 5) is 10.7. The lowest BCUT2D eigenvalue weighted by Crippen LogP contribution is -1.98. The van der Waals surface area contributed by atoms with Crippen molar-refractivity contribution in [3.8, 4) is 11.1 Å². The number of carbonyl (C=O) groups excluding carboxylic acids is 1. The molecular weight excluding hydrogens is 224 g/mol. The topological polar surface area (TPSA) is 26.3 Å². The molecule has 0 spiro atoms. The molecule has 2 nitrogen and oxygen atoms in total. The molecule has 0 radical (unpaired) electrons. The van der Waals surface area contributed by atoms with Crippen LogP contribution in [0.5, 0.6) is 0 Å². The average molecular weight is 240 g/mol. The number of hydrogen-bond acceptors (Lipinski definition) is 2. The zero-order chi connectivity index (χ0) is 13.0. The van der Waals surface area contributed by atoms with Crippen LogP contribution in [0.1, 0.15) is 18.1 Å². The smallest absolute Gasteiger partial charge is 0.302 e. The predicted molar refractivity (Wildman–Crippen MR) is 72.1 cm³/mol. The first-order valence-electron chi connectivity index (χ1n) is 5.94. The maximum Gasteiger partial charge on any atom is 0.302 e.